The first-order valence-corrected chi connectivity index (χ1v) is 3.37. The van der Waals surface area contributed by atoms with E-state index in [0.29, 0.717) is 0 Å². The summed E-state index contributed by atoms with van der Waals surface area (Å²) in [6.45, 7) is 0. The topological polar surface area (TPSA) is 60.4 Å². The average molecular weight is 187 g/mol. The molecule has 13 heavy (non-hydrogen) atoms. The molecule has 0 fully saturated rings. The molecule has 0 saturated heterocycles. The summed E-state index contributed by atoms with van der Waals surface area (Å²) >= 11 is 0. The normalized spacial score (nSPS) is 12.5. The van der Waals surface area contributed by atoms with Crippen molar-refractivity contribution >= 4 is 5.97 Å². The van der Waals surface area contributed by atoms with E-state index >= 15 is 0 Å². The van der Waals surface area contributed by atoms with Gasteiger partial charge in [0.15, 0.2) is 11.6 Å². The molecule has 1 aromatic rings. The zero-order valence-corrected chi connectivity index (χ0v) is 6.33. The number of rotatable bonds is 2. The maximum Gasteiger partial charge on any atom is 0.165 e. The second-order valence-corrected chi connectivity index (χ2v) is 2.36. The van der Waals surface area contributed by atoms with Crippen LogP contribution in [0, 0.1) is 11.6 Å². The van der Waals surface area contributed by atoms with E-state index in [-0.39, 0.29) is 0 Å². The van der Waals surface area contributed by atoms with Crippen LogP contribution in [-0.4, -0.2) is 11.1 Å². The SMILES string of the molecule is O=C([O-])[C@H](O)c1cccc(F)c1F. The lowest BCUT2D eigenvalue weighted by Gasteiger charge is -2.12. The Morgan fingerprint density at radius 1 is 1.46 bits per heavy atom. The molecule has 70 valence electrons. The van der Waals surface area contributed by atoms with E-state index in [1.807, 2.05) is 0 Å². The molecule has 1 rings (SSSR count). The summed E-state index contributed by atoms with van der Waals surface area (Å²) in [4.78, 5) is 10.1. The number of aliphatic hydroxyl groups is 1. The van der Waals surface area contributed by atoms with Crippen LogP contribution in [0.3, 0.4) is 0 Å². The van der Waals surface area contributed by atoms with Crippen molar-refractivity contribution in [3.05, 3.63) is 35.4 Å². The van der Waals surface area contributed by atoms with Crippen LogP contribution in [0.15, 0.2) is 18.2 Å². The Morgan fingerprint density at radius 3 is 2.62 bits per heavy atom. The Labute approximate surface area is 72.2 Å². The van der Waals surface area contributed by atoms with Gasteiger partial charge in [-0.15, -0.1) is 0 Å². The van der Waals surface area contributed by atoms with Crippen molar-refractivity contribution in [3.63, 3.8) is 0 Å². The minimum atomic E-state index is -2.14. The summed E-state index contributed by atoms with van der Waals surface area (Å²) in [5.74, 6) is -4.46. The summed E-state index contributed by atoms with van der Waals surface area (Å²) in [6, 6.07) is 2.89. The van der Waals surface area contributed by atoms with Gasteiger partial charge < -0.3 is 15.0 Å². The molecular formula is C8H5F2O3-. The van der Waals surface area contributed by atoms with Gasteiger partial charge in [-0.05, 0) is 6.07 Å². The van der Waals surface area contributed by atoms with Crippen LogP contribution in [0.25, 0.3) is 0 Å². The Hall–Kier alpha value is -1.49. The predicted octanol–water partition coefficient (Wildman–Crippen LogP) is -0.252. The molecule has 3 nitrogen and oxygen atoms in total. The number of carbonyl (C=O) groups excluding carboxylic acids is 1. The van der Waals surface area contributed by atoms with Gasteiger partial charge >= 0.3 is 0 Å². The highest BCUT2D eigenvalue weighted by Crippen LogP contribution is 2.18. The largest absolute Gasteiger partial charge is 0.547 e. The average Bonchev–Trinajstić information content (AvgIpc) is 2.08. The van der Waals surface area contributed by atoms with E-state index in [0.717, 1.165) is 18.2 Å². The number of carbonyl (C=O) groups is 1. The lowest BCUT2D eigenvalue weighted by molar-refractivity contribution is -0.315. The van der Waals surface area contributed by atoms with Crippen molar-refractivity contribution in [3.8, 4) is 0 Å². The summed E-state index contributed by atoms with van der Waals surface area (Å²) in [5, 5.41) is 18.9. The fourth-order valence-corrected chi connectivity index (χ4v) is 0.859. The molecule has 1 aromatic carbocycles. The first-order valence-electron chi connectivity index (χ1n) is 3.37. The first kappa shape index (κ1) is 9.60. The highest BCUT2D eigenvalue weighted by Gasteiger charge is 2.15. The molecule has 0 spiro atoms. The van der Waals surface area contributed by atoms with Gasteiger partial charge in [-0.2, -0.15) is 0 Å². The number of carboxylic acids is 1. The van der Waals surface area contributed by atoms with Gasteiger partial charge in [0.05, 0.1) is 5.97 Å². The Balaban J connectivity index is 3.15. The molecule has 0 radical (unpaired) electrons. The summed E-state index contributed by atoms with van der Waals surface area (Å²) in [5.41, 5.74) is -0.639. The molecule has 5 heteroatoms. The number of carboxylic acid groups (broad SMARTS) is 1. The molecule has 0 aliphatic heterocycles. The monoisotopic (exact) mass is 187 g/mol. The van der Waals surface area contributed by atoms with Gasteiger partial charge in [0.1, 0.15) is 6.10 Å². The number of aliphatic hydroxyl groups excluding tert-OH is 1. The van der Waals surface area contributed by atoms with Crippen LogP contribution in [0.2, 0.25) is 0 Å². The van der Waals surface area contributed by atoms with Crippen molar-refractivity contribution in [2.24, 2.45) is 0 Å². The Bertz CT molecular complexity index is 338. The molecule has 0 unspecified atom stereocenters. The van der Waals surface area contributed by atoms with Crippen molar-refractivity contribution < 1.29 is 23.8 Å². The lowest BCUT2D eigenvalue weighted by atomic mass is 10.1. The van der Waals surface area contributed by atoms with E-state index in [1.165, 1.54) is 0 Å². The zero-order chi connectivity index (χ0) is 10.0. The van der Waals surface area contributed by atoms with Gasteiger partial charge in [0.25, 0.3) is 0 Å². The Morgan fingerprint density at radius 2 is 2.08 bits per heavy atom. The predicted molar refractivity (Wildman–Crippen MR) is 36.3 cm³/mol. The summed E-state index contributed by atoms with van der Waals surface area (Å²) in [7, 11) is 0. The van der Waals surface area contributed by atoms with Crippen LogP contribution in [0.4, 0.5) is 8.78 Å². The maximum atomic E-state index is 12.8. The molecule has 1 N–H and O–H groups in total. The van der Waals surface area contributed by atoms with Crippen LogP contribution in [0.1, 0.15) is 11.7 Å². The maximum absolute atomic E-state index is 12.8. The van der Waals surface area contributed by atoms with Crippen LogP contribution in [0.5, 0.6) is 0 Å². The van der Waals surface area contributed by atoms with E-state index in [4.69, 9.17) is 5.11 Å². The van der Waals surface area contributed by atoms with Crippen molar-refractivity contribution in [2.75, 3.05) is 0 Å². The van der Waals surface area contributed by atoms with Crippen molar-refractivity contribution in [2.45, 2.75) is 6.10 Å². The molecule has 0 saturated carbocycles. The Kier molecular flexibility index (Phi) is 2.57. The third-order valence-corrected chi connectivity index (χ3v) is 1.50. The van der Waals surface area contributed by atoms with Gasteiger partial charge in [-0.1, -0.05) is 12.1 Å². The molecule has 0 bridgehead atoms. The van der Waals surface area contributed by atoms with E-state index in [1.54, 1.807) is 0 Å². The third-order valence-electron chi connectivity index (χ3n) is 1.50. The fraction of sp³-hybridized carbons (Fsp3) is 0.125. The van der Waals surface area contributed by atoms with Crippen molar-refractivity contribution in [1.82, 2.24) is 0 Å². The van der Waals surface area contributed by atoms with E-state index in [9.17, 15) is 18.7 Å². The third kappa shape index (κ3) is 1.81. The van der Waals surface area contributed by atoms with E-state index in [2.05, 4.69) is 0 Å². The standard InChI is InChI=1S/C8H6F2O3/c9-5-3-1-2-4(6(5)10)7(11)8(12)13/h1-3,7,11H,(H,12,13)/p-1/t7-/m1/s1. The van der Waals surface area contributed by atoms with Crippen LogP contribution >= 0.6 is 0 Å². The van der Waals surface area contributed by atoms with E-state index < -0.39 is 29.3 Å². The first-order chi connectivity index (χ1) is 6.04. The number of hydrogen-bond acceptors (Lipinski definition) is 3. The molecule has 0 aromatic heterocycles. The molecule has 0 amide bonds. The van der Waals surface area contributed by atoms with Crippen molar-refractivity contribution in [1.29, 1.82) is 0 Å². The van der Waals surface area contributed by atoms with Gasteiger partial charge in [-0.25, -0.2) is 8.78 Å². The fourth-order valence-electron chi connectivity index (χ4n) is 0.859. The van der Waals surface area contributed by atoms with Gasteiger partial charge in [0.2, 0.25) is 0 Å². The number of hydrogen-bond donors (Lipinski definition) is 1. The molecule has 1 atom stereocenters. The lowest BCUT2D eigenvalue weighted by Crippen LogP contribution is -2.30. The highest BCUT2D eigenvalue weighted by molar-refractivity contribution is 5.71. The quantitative estimate of drug-likeness (QED) is 0.694. The van der Waals surface area contributed by atoms with Gasteiger partial charge in [0, 0.05) is 5.56 Å². The minimum absolute atomic E-state index is 0.639. The van der Waals surface area contributed by atoms with Crippen LogP contribution in [-0.2, 0) is 4.79 Å². The second kappa shape index (κ2) is 3.49. The number of benzene rings is 1. The molecule has 0 aliphatic rings. The van der Waals surface area contributed by atoms with Crippen LogP contribution < -0.4 is 5.11 Å². The molecule has 0 heterocycles. The van der Waals surface area contributed by atoms with Gasteiger partial charge in [-0.3, -0.25) is 0 Å². The summed E-state index contributed by atoms with van der Waals surface area (Å²) < 4.78 is 25.3. The number of aliphatic carboxylic acids is 1. The number of halogens is 2. The molecular weight excluding hydrogens is 182 g/mol. The smallest absolute Gasteiger partial charge is 0.165 e. The second-order valence-electron chi connectivity index (χ2n) is 2.36. The zero-order valence-electron chi connectivity index (χ0n) is 6.33. The summed E-state index contributed by atoms with van der Waals surface area (Å²) in [6.07, 6.45) is -2.14. The minimum Gasteiger partial charge on any atom is -0.547 e. The highest BCUT2D eigenvalue weighted by atomic mass is 19.2. The molecule has 0 aliphatic carbocycles.